The molecule has 6 nitrogen and oxygen atoms in total. The number of methoxy groups -OCH3 is 1. The van der Waals surface area contributed by atoms with Crippen LogP contribution in [0.25, 0.3) is 0 Å². The lowest BCUT2D eigenvalue weighted by Crippen LogP contribution is -2.45. The van der Waals surface area contributed by atoms with Gasteiger partial charge in [0.05, 0.1) is 31.9 Å². The maximum Gasteiger partial charge on any atom is 0.337 e. The quantitative estimate of drug-likeness (QED) is 0.348. The predicted octanol–water partition coefficient (Wildman–Crippen LogP) is 3.99. The van der Waals surface area contributed by atoms with Crippen molar-refractivity contribution in [3.05, 3.63) is 33.4 Å². The summed E-state index contributed by atoms with van der Waals surface area (Å²) in [4.78, 5) is 12.4. The highest BCUT2D eigenvalue weighted by molar-refractivity contribution is 9.10. The summed E-state index contributed by atoms with van der Waals surface area (Å²) in [7, 11) is 1.36. The molecule has 2 N–H and O–H groups in total. The number of benzene rings is 1. The van der Waals surface area contributed by atoms with E-state index in [2.05, 4.69) is 33.5 Å². The van der Waals surface area contributed by atoms with Crippen LogP contribution in [0.15, 0.2) is 27.9 Å². The molecule has 0 radical (unpaired) electrons. The number of esters is 1. The summed E-state index contributed by atoms with van der Waals surface area (Å²) in [5.41, 5.74) is 1.93. The van der Waals surface area contributed by atoms with Gasteiger partial charge < -0.3 is 24.8 Å². The zero-order valence-electron chi connectivity index (χ0n) is 16.0. The van der Waals surface area contributed by atoms with Gasteiger partial charge in [0.2, 0.25) is 0 Å². The average Bonchev–Trinajstić information content (AvgIpc) is 2.62. The van der Waals surface area contributed by atoms with Gasteiger partial charge in [-0.25, -0.2) is 4.79 Å². The van der Waals surface area contributed by atoms with Crippen molar-refractivity contribution in [2.45, 2.75) is 39.7 Å². The first-order valence-electron chi connectivity index (χ1n) is 8.88. The number of nitrogens with one attached hydrogen (secondary N) is 2. The van der Waals surface area contributed by atoms with E-state index < -0.39 is 12.0 Å². The van der Waals surface area contributed by atoms with Crippen LogP contribution in [0, 0.1) is 0 Å². The van der Waals surface area contributed by atoms with Crippen LogP contribution < -0.4 is 20.1 Å². The highest BCUT2D eigenvalue weighted by atomic mass is 79.9. The molecule has 0 unspecified atom stereocenters. The van der Waals surface area contributed by atoms with Gasteiger partial charge in [0, 0.05) is 10.2 Å². The Hall–Kier alpha value is -1.80. The van der Waals surface area contributed by atoms with Crippen LogP contribution in [-0.2, 0) is 9.53 Å². The maximum absolute atomic E-state index is 12.4. The molecule has 0 bridgehead atoms. The second-order valence-electron chi connectivity index (χ2n) is 6.02. The second kappa shape index (κ2) is 9.94. The smallest absolute Gasteiger partial charge is 0.337 e. The zero-order valence-corrected chi connectivity index (χ0v) is 18.4. The molecule has 1 aliphatic rings. The van der Waals surface area contributed by atoms with Gasteiger partial charge >= 0.3 is 5.97 Å². The standard InChI is InChI=1S/C19H25BrN2O4S/c1-5-7-8-26-15-10-13(20)12(9-14(15)25-6-2)17-16(18(23)24-4)11(3)21-19(27)22-17/h9-10,17H,5-8H2,1-4H3,(H2,21,22,27)/t17-/m1/s1. The van der Waals surface area contributed by atoms with E-state index in [0.717, 1.165) is 22.9 Å². The van der Waals surface area contributed by atoms with Crippen LogP contribution in [0.1, 0.15) is 45.2 Å². The number of carbonyl (C=O) groups excluding carboxylic acids is 1. The number of unbranched alkanes of at least 4 members (excludes halogenated alkanes) is 1. The molecular weight excluding hydrogens is 432 g/mol. The van der Waals surface area contributed by atoms with Crippen molar-refractivity contribution in [3.63, 3.8) is 0 Å². The van der Waals surface area contributed by atoms with Crippen LogP contribution in [0.4, 0.5) is 0 Å². The number of hydrogen-bond acceptors (Lipinski definition) is 5. The molecule has 0 saturated heterocycles. The molecule has 148 valence electrons. The van der Waals surface area contributed by atoms with Gasteiger partial charge in [-0.15, -0.1) is 0 Å². The summed E-state index contributed by atoms with van der Waals surface area (Å²) >= 11 is 8.88. The monoisotopic (exact) mass is 456 g/mol. The second-order valence-corrected chi connectivity index (χ2v) is 7.28. The normalized spacial score (nSPS) is 16.5. The third-order valence-corrected chi connectivity index (χ3v) is 5.01. The molecule has 0 spiro atoms. The van der Waals surface area contributed by atoms with Gasteiger partial charge in [-0.05, 0) is 50.2 Å². The van der Waals surface area contributed by atoms with E-state index >= 15 is 0 Å². The zero-order chi connectivity index (χ0) is 20.0. The maximum atomic E-state index is 12.4. The fraction of sp³-hybridized carbons (Fsp3) is 0.474. The van der Waals surface area contributed by atoms with Crippen molar-refractivity contribution < 1.29 is 19.0 Å². The SMILES string of the molecule is CCCCOc1cc(Br)c([C@H]2NC(=S)NC(C)=C2C(=O)OC)cc1OCC. The molecule has 8 heteroatoms. The minimum absolute atomic E-state index is 0.423. The van der Waals surface area contributed by atoms with Crippen molar-refractivity contribution in [1.82, 2.24) is 10.6 Å². The Morgan fingerprint density at radius 2 is 1.96 bits per heavy atom. The Morgan fingerprint density at radius 3 is 2.59 bits per heavy atom. The van der Waals surface area contributed by atoms with E-state index in [1.807, 2.05) is 19.1 Å². The van der Waals surface area contributed by atoms with Crippen LogP contribution in [-0.4, -0.2) is 31.4 Å². The Balaban J connectivity index is 2.49. The van der Waals surface area contributed by atoms with Crippen LogP contribution in [0.2, 0.25) is 0 Å². The van der Waals surface area contributed by atoms with Gasteiger partial charge in [-0.2, -0.15) is 0 Å². The Kier molecular flexibility index (Phi) is 7.91. The van der Waals surface area contributed by atoms with E-state index in [1.165, 1.54) is 7.11 Å². The van der Waals surface area contributed by atoms with Gasteiger partial charge in [0.1, 0.15) is 0 Å². The average molecular weight is 457 g/mol. The van der Waals surface area contributed by atoms with E-state index in [4.69, 9.17) is 26.4 Å². The molecule has 0 aromatic heterocycles. The minimum Gasteiger partial charge on any atom is -0.490 e. The number of hydrogen-bond donors (Lipinski definition) is 2. The van der Waals surface area contributed by atoms with Crippen LogP contribution >= 0.6 is 28.1 Å². The third-order valence-electron chi connectivity index (χ3n) is 4.10. The van der Waals surface area contributed by atoms with Gasteiger partial charge in [-0.3, -0.25) is 0 Å². The van der Waals surface area contributed by atoms with Crippen molar-refractivity contribution in [1.29, 1.82) is 0 Å². The van der Waals surface area contributed by atoms with Crippen molar-refractivity contribution in [2.75, 3.05) is 20.3 Å². The lowest BCUT2D eigenvalue weighted by atomic mass is 9.95. The Labute approximate surface area is 173 Å². The van der Waals surface area contributed by atoms with Crippen molar-refractivity contribution in [2.24, 2.45) is 0 Å². The highest BCUT2D eigenvalue weighted by Crippen LogP contribution is 2.40. The van der Waals surface area contributed by atoms with Gasteiger partial charge in [-0.1, -0.05) is 29.3 Å². The fourth-order valence-corrected chi connectivity index (χ4v) is 3.61. The number of halogens is 1. The molecule has 1 aromatic carbocycles. The summed E-state index contributed by atoms with van der Waals surface area (Å²) in [6, 6.07) is 3.27. The topological polar surface area (TPSA) is 68.8 Å². The lowest BCUT2D eigenvalue weighted by molar-refractivity contribution is -0.136. The molecule has 0 saturated carbocycles. The van der Waals surface area contributed by atoms with Crippen LogP contribution in [0.5, 0.6) is 11.5 Å². The summed E-state index contributed by atoms with van der Waals surface area (Å²) in [6.07, 6.45) is 2.01. The number of rotatable bonds is 8. The Bertz CT molecular complexity index is 751. The van der Waals surface area contributed by atoms with E-state index in [1.54, 1.807) is 6.92 Å². The van der Waals surface area contributed by atoms with E-state index in [-0.39, 0.29) is 0 Å². The Morgan fingerprint density at radius 1 is 1.26 bits per heavy atom. The van der Waals surface area contributed by atoms with E-state index in [9.17, 15) is 4.79 Å². The largest absolute Gasteiger partial charge is 0.490 e. The third kappa shape index (κ3) is 5.13. The summed E-state index contributed by atoms with van der Waals surface area (Å²) < 4.78 is 17.4. The number of carbonyl (C=O) groups is 1. The molecule has 27 heavy (non-hydrogen) atoms. The van der Waals surface area contributed by atoms with E-state index in [0.29, 0.717) is 41.1 Å². The van der Waals surface area contributed by atoms with Crippen molar-refractivity contribution >= 4 is 39.2 Å². The first kappa shape index (κ1) is 21.5. The number of thiocarbonyl (C=S) groups is 1. The summed E-state index contributed by atoms with van der Waals surface area (Å²) in [5.74, 6) is 0.866. The fourth-order valence-electron chi connectivity index (χ4n) is 2.79. The minimum atomic E-state index is -0.468. The first-order chi connectivity index (χ1) is 12.9. The molecule has 1 heterocycles. The molecule has 1 atom stereocenters. The highest BCUT2D eigenvalue weighted by Gasteiger charge is 2.32. The van der Waals surface area contributed by atoms with Gasteiger partial charge in [0.25, 0.3) is 0 Å². The molecule has 0 fully saturated rings. The van der Waals surface area contributed by atoms with Crippen molar-refractivity contribution in [3.8, 4) is 11.5 Å². The number of ether oxygens (including phenoxy) is 3. The molecule has 0 amide bonds. The molecular formula is C19H25BrN2O4S. The molecule has 1 aromatic rings. The summed E-state index contributed by atoms with van der Waals surface area (Å²) in [6.45, 7) is 6.94. The number of allylic oxidation sites excluding steroid dienone is 1. The first-order valence-corrected chi connectivity index (χ1v) is 10.1. The van der Waals surface area contributed by atoms with Crippen LogP contribution in [0.3, 0.4) is 0 Å². The molecule has 2 rings (SSSR count). The lowest BCUT2D eigenvalue weighted by Gasteiger charge is -2.30. The molecule has 1 aliphatic heterocycles. The predicted molar refractivity (Wildman–Crippen MR) is 112 cm³/mol. The van der Waals surface area contributed by atoms with Gasteiger partial charge in [0.15, 0.2) is 16.6 Å². The molecule has 0 aliphatic carbocycles. The summed E-state index contributed by atoms with van der Waals surface area (Å²) in [5, 5.41) is 6.57.